The highest BCUT2D eigenvalue weighted by Gasteiger charge is 2.52. The van der Waals surface area contributed by atoms with Crippen LogP contribution in [0.15, 0.2) is 67.0 Å². The van der Waals surface area contributed by atoms with E-state index in [9.17, 15) is 4.79 Å². The summed E-state index contributed by atoms with van der Waals surface area (Å²) in [6.07, 6.45) is 5.24. The summed E-state index contributed by atoms with van der Waals surface area (Å²) in [6, 6.07) is 17.2. The third-order valence-electron chi connectivity index (χ3n) is 4.59. The molecular weight excluding hydrogens is 336 g/mol. The fraction of sp³-hybridized carbons (Fsp3) is 0.200. The number of carbonyl (C=O) groups excluding carboxylic acids is 1. The molecule has 0 spiro atoms. The number of hydrogen-bond donors (Lipinski definition) is 0. The Morgan fingerprint density at radius 2 is 1.96 bits per heavy atom. The average Bonchev–Trinajstić information content (AvgIpc) is 3.27. The van der Waals surface area contributed by atoms with Crippen LogP contribution in [0.25, 0.3) is 5.69 Å². The van der Waals surface area contributed by atoms with E-state index in [0.717, 1.165) is 29.7 Å². The molecule has 126 valence electrons. The van der Waals surface area contributed by atoms with Gasteiger partial charge in [-0.15, -0.1) is 0 Å². The molecule has 0 saturated heterocycles. The van der Waals surface area contributed by atoms with Gasteiger partial charge in [0.1, 0.15) is 6.61 Å². The number of nitrogens with zero attached hydrogens (tertiary/aromatic N) is 2. The van der Waals surface area contributed by atoms with E-state index in [4.69, 9.17) is 16.3 Å². The van der Waals surface area contributed by atoms with Crippen LogP contribution in [-0.2, 0) is 21.6 Å². The first-order valence-electron chi connectivity index (χ1n) is 8.20. The highest BCUT2D eigenvalue weighted by molar-refractivity contribution is 6.30. The molecule has 0 N–H and O–H groups in total. The van der Waals surface area contributed by atoms with Gasteiger partial charge in [0.2, 0.25) is 0 Å². The summed E-state index contributed by atoms with van der Waals surface area (Å²) in [5.41, 5.74) is 2.35. The van der Waals surface area contributed by atoms with E-state index in [-0.39, 0.29) is 12.6 Å². The molecule has 2 aromatic carbocycles. The van der Waals surface area contributed by atoms with Crippen molar-refractivity contribution >= 4 is 17.6 Å². The lowest BCUT2D eigenvalue weighted by molar-refractivity contribution is -0.148. The number of ether oxygens (including phenoxy) is 1. The monoisotopic (exact) mass is 352 g/mol. The van der Waals surface area contributed by atoms with E-state index < -0.39 is 5.41 Å². The molecule has 0 aliphatic heterocycles. The van der Waals surface area contributed by atoms with Crippen molar-refractivity contribution in [3.8, 4) is 5.69 Å². The van der Waals surface area contributed by atoms with Gasteiger partial charge in [-0.25, -0.2) is 4.68 Å². The number of carbonyl (C=O) groups is 1. The summed E-state index contributed by atoms with van der Waals surface area (Å²) in [4.78, 5) is 12.6. The predicted molar refractivity (Wildman–Crippen MR) is 95.7 cm³/mol. The molecule has 0 radical (unpaired) electrons. The Bertz CT molecular complexity index is 884. The summed E-state index contributed by atoms with van der Waals surface area (Å²) in [6.45, 7) is 0.264. The van der Waals surface area contributed by atoms with Crippen LogP contribution < -0.4 is 0 Å². The van der Waals surface area contributed by atoms with Crippen molar-refractivity contribution in [2.75, 3.05) is 0 Å². The largest absolute Gasteiger partial charge is 0.460 e. The highest BCUT2D eigenvalue weighted by Crippen LogP contribution is 2.49. The standard InChI is InChI=1S/C20H17ClN2O2/c21-17-4-1-3-16(13-17)20(9-10-20)19(24)25-14-15-5-7-18(8-6-15)23-12-2-11-22-23/h1-8,11-13H,9-10,14H2. The zero-order valence-electron chi connectivity index (χ0n) is 13.6. The maximum atomic E-state index is 12.6. The normalized spacial score (nSPS) is 14.9. The van der Waals surface area contributed by atoms with Crippen molar-refractivity contribution in [3.63, 3.8) is 0 Å². The molecule has 1 heterocycles. The van der Waals surface area contributed by atoms with Crippen LogP contribution in [0.5, 0.6) is 0 Å². The topological polar surface area (TPSA) is 44.1 Å². The van der Waals surface area contributed by atoms with Crippen LogP contribution >= 0.6 is 11.6 Å². The molecule has 25 heavy (non-hydrogen) atoms. The second-order valence-corrected chi connectivity index (χ2v) is 6.72. The van der Waals surface area contributed by atoms with Crippen molar-refractivity contribution in [1.82, 2.24) is 9.78 Å². The van der Waals surface area contributed by atoms with Crippen molar-refractivity contribution in [3.05, 3.63) is 83.1 Å². The third-order valence-corrected chi connectivity index (χ3v) is 4.83. The number of hydrogen-bond acceptors (Lipinski definition) is 3. The van der Waals surface area contributed by atoms with Gasteiger partial charge in [0, 0.05) is 17.4 Å². The van der Waals surface area contributed by atoms with Gasteiger partial charge in [-0.05, 0) is 54.3 Å². The van der Waals surface area contributed by atoms with Crippen molar-refractivity contribution in [2.45, 2.75) is 24.9 Å². The highest BCUT2D eigenvalue weighted by atomic mass is 35.5. The molecule has 0 amide bonds. The Hall–Kier alpha value is -2.59. The van der Waals surface area contributed by atoms with Crippen LogP contribution in [0.3, 0.4) is 0 Å². The van der Waals surface area contributed by atoms with E-state index in [1.54, 1.807) is 10.9 Å². The summed E-state index contributed by atoms with van der Waals surface area (Å²) < 4.78 is 7.36. The molecule has 0 bridgehead atoms. The second kappa shape index (κ2) is 6.37. The molecule has 1 aliphatic rings. The first kappa shape index (κ1) is 15.9. The Balaban J connectivity index is 1.42. The Labute approximate surface area is 151 Å². The summed E-state index contributed by atoms with van der Waals surface area (Å²) in [5, 5.41) is 4.84. The zero-order chi connectivity index (χ0) is 17.3. The minimum absolute atomic E-state index is 0.175. The lowest BCUT2D eigenvalue weighted by Crippen LogP contribution is -2.23. The van der Waals surface area contributed by atoms with Crippen molar-refractivity contribution in [1.29, 1.82) is 0 Å². The fourth-order valence-corrected chi connectivity index (χ4v) is 3.17. The molecular formula is C20H17ClN2O2. The van der Waals surface area contributed by atoms with Gasteiger partial charge in [0.15, 0.2) is 0 Å². The molecule has 1 aliphatic carbocycles. The van der Waals surface area contributed by atoms with E-state index in [1.807, 2.05) is 60.8 Å². The summed E-state index contributed by atoms with van der Waals surface area (Å²) in [5.74, 6) is -0.175. The Morgan fingerprint density at radius 1 is 1.16 bits per heavy atom. The molecule has 3 aromatic rings. The van der Waals surface area contributed by atoms with Crippen LogP contribution in [0, 0.1) is 0 Å². The minimum atomic E-state index is -0.514. The van der Waals surface area contributed by atoms with Gasteiger partial charge in [0.25, 0.3) is 0 Å². The SMILES string of the molecule is O=C(OCc1ccc(-n2cccn2)cc1)C1(c2cccc(Cl)c2)CC1. The zero-order valence-corrected chi connectivity index (χ0v) is 14.3. The van der Waals surface area contributed by atoms with E-state index >= 15 is 0 Å². The molecule has 4 nitrogen and oxygen atoms in total. The quantitative estimate of drug-likeness (QED) is 0.643. The number of aromatic nitrogens is 2. The molecule has 0 atom stereocenters. The summed E-state index contributed by atoms with van der Waals surface area (Å²) >= 11 is 6.05. The number of esters is 1. The first-order chi connectivity index (χ1) is 12.2. The number of benzene rings is 2. The average molecular weight is 353 g/mol. The smallest absolute Gasteiger partial charge is 0.316 e. The number of halogens is 1. The molecule has 5 heteroatoms. The molecule has 1 fully saturated rings. The van der Waals surface area contributed by atoms with Crippen LogP contribution in [0.4, 0.5) is 0 Å². The Kier molecular flexibility index (Phi) is 4.06. The van der Waals surface area contributed by atoms with Crippen molar-refractivity contribution in [2.24, 2.45) is 0 Å². The lowest BCUT2D eigenvalue weighted by atomic mass is 9.96. The molecule has 1 aromatic heterocycles. The summed E-state index contributed by atoms with van der Waals surface area (Å²) in [7, 11) is 0. The van der Waals surface area contributed by atoms with Crippen LogP contribution in [0.1, 0.15) is 24.0 Å². The van der Waals surface area contributed by atoms with E-state index in [0.29, 0.717) is 5.02 Å². The maximum Gasteiger partial charge on any atom is 0.316 e. The van der Waals surface area contributed by atoms with Gasteiger partial charge in [-0.3, -0.25) is 4.79 Å². The van der Waals surface area contributed by atoms with Gasteiger partial charge in [0.05, 0.1) is 11.1 Å². The van der Waals surface area contributed by atoms with E-state index in [2.05, 4.69) is 5.10 Å². The first-order valence-corrected chi connectivity index (χ1v) is 8.57. The minimum Gasteiger partial charge on any atom is -0.460 e. The Morgan fingerprint density at radius 3 is 2.60 bits per heavy atom. The molecule has 1 saturated carbocycles. The van der Waals surface area contributed by atoms with Crippen molar-refractivity contribution < 1.29 is 9.53 Å². The molecule has 4 rings (SSSR count). The lowest BCUT2D eigenvalue weighted by Gasteiger charge is -2.15. The van der Waals surface area contributed by atoms with Gasteiger partial charge < -0.3 is 4.74 Å². The number of rotatable bonds is 5. The fourth-order valence-electron chi connectivity index (χ4n) is 2.98. The van der Waals surface area contributed by atoms with Gasteiger partial charge >= 0.3 is 5.97 Å². The van der Waals surface area contributed by atoms with E-state index in [1.165, 1.54) is 0 Å². The van der Waals surface area contributed by atoms with Crippen LogP contribution in [-0.4, -0.2) is 15.7 Å². The third kappa shape index (κ3) is 3.17. The predicted octanol–water partition coefficient (Wildman–Crippen LogP) is 4.30. The van der Waals surface area contributed by atoms with Gasteiger partial charge in [-0.2, -0.15) is 5.10 Å². The van der Waals surface area contributed by atoms with Gasteiger partial charge in [-0.1, -0.05) is 35.9 Å². The molecule has 0 unspecified atom stereocenters. The van der Waals surface area contributed by atoms with Crippen LogP contribution in [0.2, 0.25) is 5.02 Å². The maximum absolute atomic E-state index is 12.6. The second-order valence-electron chi connectivity index (χ2n) is 6.29.